The fourth-order valence-corrected chi connectivity index (χ4v) is 2.84. The van der Waals surface area contributed by atoms with Gasteiger partial charge in [0, 0.05) is 24.5 Å². The van der Waals surface area contributed by atoms with E-state index < -0.39 is 5.60 Å². The zero-order valence-corrected chi connectivity index (χ0v) is 14.6. The molecule has 1 aromatic rings. The quantitative estimate of drug-likeness (QED) is 0.772. The lowest BCUT2D eigenvalue weighted by molar-refractivity contribution is 0.0297. The Morgan fingerprint density at radius 1 is 1.48 bits per heavy atom. The van der Waals surface area contributed by atoms with Crippen LogP contribution in [0.3, 0.4) is 0 Å². The number of nitrogens with zero attached hydrogens (tertiary/aromatic N) is 1. The highest BCUT2D eigenvalue weighted by Gasteiger charge is 2.19. The molecule has 0 aliphatic heterocycles. The number of carbonyl (C=O) groups excluding carboxylic acids is 1. The maximum Gasteiger partial charge on any atom is 0.410 e. The van der Waals surface area contributed by atoms with Crippen LogP contribution in [0, 0.1) is 0 Å². The molecule has 0 radical (unpaired) electrons. The number of rotatable bonds is 7. The number of amides is 1. The van der Waals surface area contributed by atoms with Gasteiger partial charge in [-0.1, -0.05) is 13.0 Å². The number of thiophene rings is 1. The van der Waals surface area contributed by atoms with E-state index in [0.717, 1.165) is 19.4 Å². The second kappa shape index (κ2) is 8.39. The van der Waals surface area contributed by atoms with Crippen molar-refractivity contribution >= 4 is 17.4 Å². The van der Waals surface area contributed by atoms with Crippen molar-refractivity contribution in [3.05, 3.63) is 22.4 Å². The Hall–Kier alpha value is -1.07. The first kappa shape index (κ1) is 18.0. The van der Waals surface area contributed by atoms with Crippen molar-refractivity contribution < 1.29 is 9.53 Å². The van der Waals surface area contributed by atoms with Gasteiger partial charge in [-0.2, -0.15) is 0 Å². The molecule has 0 bridgehead atoms. The molecule has 4 nitrogen and oxygen atoms in total. The van der Waals surface area contributed by atoms with E-state index in [9.17, 15) is 4.79 Å². The van der Waals surface area contributed by atoms with E-state index in [1.165, 1.54) is 4.88 Å². The Labute approximate surface area is 132 Å². The monoisotopic (exact) mass is 312 g/mol. The van der Waals surface area contributed by atoms with Gasteiger partial charge in [0.15, 0.2) is 0 Å². The van der Waals surface area contributed by atoms with Crippen molar-refractivity contribution in [1.29, 1.82) is 0 Å². The Morgan fingerprint density at radius 2 is 2.19 bits per heavy atom. The predicted octanol–water partition coefficient (Wildman–Crippen LogP) is 4.05. The third-order valence-electron chi connectivity index (χ3n) is 3.06. The molecular formula is C16H28N2O2S. The average Bonchev–Trinajstić information content (AvgIpc) is 2.90. The van der Waals surface area contributed by atoms with Crippen LogP contribution in [0.15, 0.2) is 17.5 Å². The Bertz CT molecular complexity index is 412. The summed E-state index contributed by atoms with van der Waals surface area (Å²) in [6, 6.07) is 4.66. The van der Waals surface area contributed by atoms with E-state index in [1.54, 1.807) is 23.3 Å². The summed E-state index contributed by atoms with van der Waals surface area (Å²) in [5, 5.41) is 5.65. The standard InChI is InChI=1S/C16H28N2O2S/c1-6-13(14-9-7-12-21-14)17-10-8-11-18(5)15(19)20-16(2,3)4/h7,9,12-13,17H,6,8,10-11H2,1-5H3. The largest absolute Gasteiger partial charge is 0.444 e. The van der Waals surface area contributed by atoms with Gasteiger partial charge in [-0.15, -0.1) is 11.3 Å². The Morgan fingerprint density at radius 3 is 2.71 bits per heavy atom. The van der Waals surface area contributed by atoms with Crippen LogP contribution < -0.4 is 5.32 Å². The number of hydrogen-bond donors (Lipinski definition) is 1. The fraction of sp³-hybridized carbons (Fsp3) is 0.688. The molecule has 1 heterocycles. The molecule has 0 spiro atoms. The van der Waals surface area contributed by atoms with Crippen molar-refractivity contribution in [2.45, 2.75) is 52.2 Å². The molecule has 1 N–H and O–H groups in total. The fourth-order valence-electron chi connectivity index (χ4n) is 1.96. The van der Waals surface area contributed by atoms with E-state index in [1.807, 2.05) is 20.8 Å². The van der Waals surface area contributed by atoms with Gasteiger partial charge in [-0.05, 0) is 51.6 Å². The smallest absolute Gasteiger partial charge is 0.410 e. The van der Waals surface area contributed by atoms with E-state index in [-0.39, 0.29) is 6.09 Å². The second-order valence-electron chi connectivity index (χ2n) is 6.19. The lowest BCUT2D eigenvalue weighted by Crippen LogP contribution is -2.35. The SMILES string of the molecule is CCC(NCCCN(C)C(=O)OC(C)(C)C)c1cccs1. The molecule has 1 atom stereocenters. The molecule has 0 aromatic carbocycles. The molecule has 21 heavy (non-hydrogen) atoms. The minimum absolute atomic E-state index is 0.257. The topological polar surface area (TPSA) is 41.6 Å². The van der Waals surface area contributed by atoms with Gasteiger partial charge >= 0.3 is 6.09 Å². The molecule has 1 aromatic heterocycles. The average molecular weight is 312 g/mol. The molecule has 0 aliphatic carbocycles. The van der Waals surface area contributed by atoms with Crippen LogP contribution in [0.5, 0.6) is 0 Å². The van der Waals surface area contributed by atoms with Crippen LogP contribution >= 0.6 is 11.3 Å². The first-order valence-electron chi connectivity index (χ1n) is 7.54. The third kappa shape index (κ3) is 6.96. The van der Waals surface area contributed by atoms with Crippen LogP contribution in [-0.2, 0) is 4.74 Å². The van der Waals surface area contributed by atoms with E-state index >= 15 is 0 Å². The van der Waals surface area contributed by atoms with Crippen molar-refractivity contribution in [2.75, 3.05) is 20.1 Å². The number of carbonyl (C=O) groups is 1. The first-order valence-corrected chi connectivity index (χ1v) is 8.42. The third-order valence-corrected chi connectivity index (χ3v) is 4.05. The molecule has 1 unspecified atom stereocenters. The molecule has 0 saturated heterocycles. The molecule has 1 rings (SSSR count). The molecular weight excluding hydrogens is 284 g/mol. The van der Waals surface area contributed by atoms with Crippen molar-refractivity contribution in [3.8, 4) is 0 Å². The number of hydrogen-bond acceptors (Lipinski definition) is 4. The lowest BCUT2D eigenvalue weighted by atomic mass is 10.2. The van der Waals surface area contributed by atoms with Crippen LogP contribution in [0.2, 0.25) is 0 Å². The van der Waals surface area contributed by atoms with Crippen LogP contribution in [0.4, 0.5) is 4.79 Å². The van der Waals surface area contributed by atoms with Crippen LogP contribution in [0.1, 0.15) is 51.5 Å². The summed E-state index contributed by atoms with van der Waals surface area (Å²) in [4.78, 5) is 14.8. The van der Waals surface area contributed by atoms with Crippen LogP contribution in [0.25, 0.3) is 0 Å². The molecule has 1 amide bonds. The summed E-state index contributed by atoms with van der Waals surface area (Å²) < 4.78 is 5.33. The summed E-state index contributed by atoms with van der Waals surface area (Å²) in [5.41, 5.74) is -0.434. The Kier molecular flexibility index (Phi) is 7.18. The van der Waals surface area contributed by atoms with Gasteiger partial charge in [0.25, 0.3) is 0 Å². The maximum absolute atomic E-state index is 11.8. The maximum atomic E-state index is 11.8. The van der Waals surface area contributed by atoms with Gasteiger partial charge in [-0.3, -0.25) is 0 Å². The van der Waals surface area contributed by atoms with Gasteiger partial charge in [-0.25, -0.2) is 4.79 Å². The van der Waals surface area contributed by atoms with Crippen molar-refractivity contribution in [3.63, 3.8) is 0 Å². The van der Waals surface area contributed by atoms with Gasteiger partial charge < -0.3 is 15.0 Å². The normalized spacial score (nSPS) is 13.0. The highest BCUT2D eigenvalue weighted by molar-refractivity contribution is 7.10. The van der Waals surface area contributed by atoms with E-state index in [0.29, 0.717) is 12.6 Å². The molecule has 5 heteroatoms. The molecule has 0 aliphatic rings. The van der Waals surface area contributed by atoms with Crippen molar-refractivity contribution in [1.82, 2.24) is 10.2 Å². The van der Waals surface area contributed by atoms with Gasteiger partial charge in [0.2, 0.25) is 0 Å². The molecule has 0 fully saturated rings. The van der Waals surface area contributed by atoms with Crippen molar-refractivity contribution in [2.24, 2.45) is 0 Å². The number of nitrogens with one attached hydrogen (secondary N) is 1. The zero-order valence-electron chi connectivity index (χ0n) is 13.8. The van der Waals surface area contributed by atoms with E-state index in [2.05, 4.69) is 29.8 Å². The minimum Gasteiger partial charge on any atom is -0.444 e. The summed E-state index contributed by atoms with van der Waals surface area (Å²) in [6.07, 6.45) is 1.73. The molecule has 120 valence electrons. The first-order chi connectivity index (χ1) is 9.83. The summed E-state index contributed by atoms with van der Waals surface area (Å²) in [7, 11) is 1.78. The zero-order chi connectivity index (χ0) is 15.9. The second-order valence-corrected chi connectivity index (χ2v) is 7.17. The highest BCUT2D eigenvalue weighted by atomic mass is 32.1. The molecule has 0 saturated carbocycles. The van der Waals surface area contributed by atoms with Gasteiger partial charge in [0.1, 0.15) is 5.60 Å². The summed E-state index contributed by atoms with van der Waals surface area (Å²) >= 11 is 1.78. The summed E-state index contributed by atoms with van der Waals surface area (Å²) in [6.45, 7) is 9.42. The minimum atomic E-state index is -0.434. The highest BCUT2D eigenvalue weighted by Crippen LogP contribution is 2.21. The predicted molar refractivity (Wildman–Crippen MR) is 88.8 cm³/mol. The van der Waals surface area contributed by atoms with Crippen LogP contribution in [-0.4, -0.2) is 36.7 Å². The van der Waals surface area contributed by atoms with Gasteiger partial charge in [0.05, 0.1) is 0 Å². The number of ether oxygens (including phenoxy) is 1. The Balaban J connectivity index is 2.25. The summed E-state index contributed by atoms with van der Waals surface area (Å²) in [5.74, 6) is 0. The van der Waals surface area contributed by atoms with E-state index in [4.69, 9.17) is 4.74 Å². The lowest BCUT2D eigenvalue weighted by Gasteiger charge is -2.25.